The highest BCUT2D eigenvalue weighted by atomic mass is 16.6. The molecule has 1 N–H and O–H groups in total. The minimum atomic E-state index is -0.458. The molecule has 0 bridgehead atoms. The van der Waals surface area contributed by atoms with Gasteiger partial charge in [-0.25, -0.2) is 0 Å². The molecular weight excluding hydrogens is 318 g/mol. The zero-order chi connectivity index (χ0) is 18.2. The van der Waals surface area contributed by atoms with E-state index in [1.807, 2.05) is 49.3 Å². The number of hydrogen-bond donors (Lipinski definition) is 1. The van der Waals surface area contributed by atoms with Gasteiger partial charge in [0.05, 0.1) is 11.0 Å². The van der Waals surface area contributed by atoms with Crippen LogP contribution in [0, 0.1) is 10.1 Å². The quantitative estimate of drug-likeness (QED) is 0.478. The summed E-state index contributed by atoms with van der Waals surface area (Å²) in [7, 11) is 3.89. The van der Waals surface area contributed by atoms with Crippen molar-refractivity contribution in [2.45, 2.75) is 6.04 Å². The fourth-order valence-corrected chi connectivity index (χ4v) is 2.42. The number of carbonyl (C=O) groups is 1. The predicted molar refractivity (Wildman–Crippen MR) is 98.0 cm³/mol. The van der Waals surface area contributed by atoms with Gasteiger partial charge < -0.3 is 10.2 Å². The van der Waals surface area contributed by atoms with Crippen LogP contribution in [-0.4, -0.2) is 36.4 Å². The first-order chi connectivity index (χ1) is 12.0. The molecular formula is C19H21N3O3. The number of rotatable bonds is 7. The zero-order valence-corrected chi connectivity index (χ0v) is 14.3. The molecule has 0 aliphatic heterocycles. The van der Waals surface area contributed by atoms with E-state index in [9.17, 15) is 14.9 Å². The van der Waals surface area contributed by atoms with Gasteiger partial charge in [-0.15, -0.1) is 0 Å². The number of benzene rings is 2. The number of nitro groups is 1. The third-order valence-electron chi connectivity index (χ3n) is 3.57. The van der Waals surface area contributed by atoms with Crippen LogP contribution in [0.15, 0.2) is 60.7 Å². The summed E-state index contributed by atoms with van der Waals surface area (Å²) in [5, 5.41) is 13.8. The summed E-state index contributed by atoms with van der Waals surface area (Å²) < 4.78 is 0. The predicted octanol–water partition coefficient (Wildman–Crippen LogP) is 3.03. The Hall–Kier alpha value is -2.99. The van der Waals surface area contributed by atoms with Gasteiger partial charge in [0, 0.05) is 24.8 Å². The summed E-state index contributed by atoms with van der Waals surface area (Å²) in [6.07, 6.45) is 2.96. The Balaban J connectivity index is 2.08. The van der Waals surface area contributed by atoms with Crippen LogP contribution < -0.4 is 5.32 Å². The highest BCUT2D eigenvalue weighted by molar-refractivity contribution is 5.92. The van der Waals surface area contributed by atoms with E-state index in [1.165, 1.54) is 18.2 Å². The van der Waals surface area contributed by atoms with Crippen molar-refractivity contribution in [2.24, 2.45) is 0 Å². The maximum Gasteiger partial charge on any atom is 0.270 e. The maximum atomic E-state index is 12.3. The lowest BCUT2D eigenvalue weighted by molar-refractivity contribution is -0.384. The molecule has 0 aliphatic carbocycles. The third-order valence-corrected chi connectivity index (χ3v) is 3.57. The average molecular weight is 339 g/mol. The zero-order valence-electron chi connectivity index (χ0n) is 14.3. The average Bonchev–Trinajstić information content (AvgIpc) is 2.60. The Labute approximate surface area is 146 Å². The molecule has 6 heteroatoms. The van der Waals surface area contributed by atoms with Gasteiger partial charge in [0.1, 0.15) is 0 Å². The molecule has 25 heavy (non-hydrogen) atoms. The second-order valence-corrected chi connectivity index (χ2v) is 5.92. The molecule has 0 spiro atoms. The molecule has 2 aromatic carbocycles. The smallest absolute Gasteiger partial charge is 0.270 e. The summed E-state index contributed by atoms with van der Waals surface area (Å²) in [4.78, 5) is 24.6. The lowest BCUT2D eigenvalue weighted by Gasteiger charge is -2.22. The van der Waals surface area contributed by atoms with Crippen molar-refractivity contribution in [3.63, 3.8) is 0 Å². The van der Waals surface area contributed by atoms with Gasteiger partial charge in [0.15, 0.2) is 0 Å². The number of nitrogens with zero attached hydrogens (tertiary/aromatic N) is 2. The van der Waals surface area contributed by atoms with E-state index < -0.39 is 4.92 Å². The SMILES string of the molecule is CN(C)C[C@H](NC(=O)/C=C/c1cccc([N+](=O)[O-])c1)c1ccccc1. The van der Waals surface area contributed by atoms with Gasteiger partial charge in [-0.3, -0.25) is 14.9 Å². The second-order valence-electron chi connectivity index (χ2n) is 5.92. The number of nitro benzene ring substituents is 1. The Morgan fingerprint density at radius 2 is 1.92 bits per heavy atom. The standard InChI is InChI=1S/C19H21N3O3/c1-21(2)14-18(16-8-4-3-5-9-16)20-19(23)12-11-15-7-6-10-17(13-15)22(24)25/h3-13,18H,14H2,1-2H3,(H,20,23)/b12-11+/t18-/m0/s1. The van der Waals surface area contributed by atoms with Gasteiger partial charge in [0.25, 0.3) is 5.69 Å². The normalized spacial score (nSPS) is 12.3. The fraction of sp³-hybridized carbons (Fsp3) is 0.211. The van der Waals surface area contributed by atoms with Crippen molar-refractivity contribution in [1.82, 2.24) is 10.2 Å². The first-order valence-electron chi connectivity index (χ1n) is 7.88. The number of non-ortho nitro benzene ring substituents is 1. The summed E-state index contributed by atoms with van der Waals surface area (Å²) in [5.41, 5.74) is 1.62. The highest BCUT2D eigenvalue weighted by Gasteiger charge is 2.14. The highest BCUT2D eigenvalue weighted by Crippen LogP contribution is 2.15. The van der Waals surface area contributed by atoms with E-state index >= 15 is 0 Å². The van der Waals surface area contributed by atoms with Gasteiger partial charge >= 0.3 is 0 Å². The van der Waals surface area contributed by atoms with E-state index in [2.05, 4.69) is 5.32 Å². The van der Waals surface area contributed by atoms with E-state index in [4.69, 9.17) is 0 Å². The summed E-state index contributed by atoms with van der Waals surface area (Å²) in [6.45, 7) is 0.667. The lowest BCUT2D eigenvalue weighted by Crippen LogP contribution is -2.34. The van der Waals surface area contributed by atoms with E-state index in [0.29, 0.717) is 12.1 Å². The molecule has 0 aliphatic rings. The van der Waals surface area contributed by atoms with Crippen LogP contribution in [0.25, 0.3) is 6.08 Å². The molecule has 1 atom stereocenters. The van der Waals surface area contributed by atoms with Crippen molar-refractivity contribution >= 4 is 17.7 Å². The molecule has 2 aromatic rings. The Morgan fingerprint density at radius 3 is 2.56 bits per heavy atom. The molecule has 0 radical (unpaired) electrons. The first kappa shape index (κ1) is 18.4. The van der Waals surface area contributed by atoms with Gasteiger partial charge in [-0.05, 0) is 31.3 Å². The number of hydrogen-bond acceptors (Lipinski definition) is 4. The minimum absolute atomic E-state index is 0.00247. The van der Waals surface area contributed by atoms with Crippen molar-refractivity contribution in [3.8, 4) is 0 Å². The molecule has 1 amide bonds. The monoisotopic (exact) mass is 339 g/mol. The number of nitrogens with one attached hydrogen (secondary N) is 1. The number of carbonyl (C=O) groups excluding carboxylic acids is 1. The lowest BCUT2D eigenvalue weighted by atomic mass is 10.1. The van der Waals surface area contributed by atoms with Gasteiger partial charge in [-0.1, -0.05) is 42.5 Å². The molecule has 0 fully saturated rings. The molecule has 0 unspecified atom stereocenters. The molecule has 0 saturated heterocycles. The van der Waals surface area contributed by atoms with E-state index in [0.717, 1.165) is 5.56 Å². The summed E-state index contributed by atoms with van der Waals surface area (Å²) in [6, 6.07) is 15.8. The van der Waals surface area contributed by atoms with Crippen molar-refractivity contribution < 1.29 is 9.72 Å². The van der Waals surface area contributed by atoms with Crippen LogP contribution in [0.3, 0.4) is 0 Å². The van der Waals surface area contributed by atoms with Crippen LogP contribution >= 0.6 is 0 Å². The van der Waals surface area contributed by atoms with Crippen LogP contribution in [-0.2, 0) is 4.79 Å². The van der Waals surface area contributed by atoms with Crippen LogP contribution in [0.4, 0.5) is 5.69 Å². The maximum absolute atomic E-state index is 12.3. The molecule has 0 saturated carbocycles. The van der Waals surface area contributed by atoms with Crippen LogP contribution in [0.1, 0.15) is 17.2 Å². The molecule has 130 valence electrons. The minimum Gasteiger partial charge on any atom is -0.344 e. The van der Waals surface area contributed by atoms with Crippen LogP contribution in [0.5, 0.6) is 0 Å². The van der Waals surface area contributed by atoms with E-state index in [1.54, 1.807) is 18.2 Å². The second kappa shape index (κ2) is 8.75. The van der Waals surface area contributed by atoms with Crippen molar-refractivity contribution in [3.05, 3.63) is 81.9 Å². The number of likely N-dealkylation sites (N-methyl/N-ethyl adjacent to an activating group) is 1. The largest absolute Gasteiger partial charge is 0.344 e. The van der Waals surface area contributed by atoms with Gasteiger partial charge in [-0.2, -0.15) is 0 Å². The number of amides is 1. The Morgan fingerprint density at radius 1 is 1.20 bits per heavy atom. The fourth-order valence-electron chi connectivity index (χ4n) is 2.42. The molecule has 6 nitrogen and oxygen atoms in total. The van der Waals surface area contributed by atoms with Crippen LogP contribution in [0.2, 0.25) is 0 Å². The topological polar surface area (TPSA) is 75.5 Å². The third kappa shape index (κ3) is 5.86. The summed E-state index contributed by atoms with van der Waals surface area (Å²) in [5.74, 6) is -0.248. The Bertz CT molecular complexity index is 758. The molecule has 2 rings (SSSR count). The molecule has 0 aromatic heterocycles. The Kier molecular flexibility index (Phi) is 6.42. The van der Waals surface area contributed by atoms with Crippen molar-refractivity contribution in [1.29, 1.82) is 0 Å². The van der Waals surface area contributed by atoms with Gasteiger partial charge in [0.2, 0.25) is 5.91 Å². The van der Waals surface area contributed by atoms with E-state index in [-0.39, 0.29) is 17.6 Å². The van der Waals surface area contributed by atoms with Crippen molar-refractivity contribution in [2.75, 3.05) is 20.6 Å². The first-order valence-corrected chi connectivity index (χ1v) is 7.88. The summed E-state index contributed by atoms with van der Waals surface area (Å²) >= 11 is 0. The molecule has 0 heterocycles.